The zero-order valence-electron chi connectivity index (χ0n) is 14.7. The maximum atomic E-state index is 12.6. The number of hydrogen-bond acceptors (Lipinski definition) is 4. The van der Waals surface area contributed by atoms with Crippen molar-refractivity contribution in [2.75, 3.05) is 13.1 Å². The molecule has 4 rings (SSSR count). The highest BCUT2D eigenvalue weighted by Crippen LogP contribution is 2.24. The van der Waals surface area contributed by atoms with Crippen LogP contribution in [0.15, 0.2) is 47.7 Å². The first-order valence-corrected chi connectivity index (χ1v) is 8.84. The molecule has 0 aliphatic carbocycles. The molecule has 0 saturated carbocycles. The van der Waals surface area contributed by atoms with Gasteiger partial charge in [-0.1, -0.05) is 30.3 Å². The van der Waals surface area contributed by atoms with E-state index in [0.717, 1.165) is 23.9 Å². The van der Waals surface area contributed by atoms with Gasteiger partial charge in [0, 0.05) is 26.2 Å². The Morgan fingerprint density at radius 1 is 1.19 bits per heavy atom. The van der Waals surface area contributed by atoms with Crippen molar-refractivity contribution < 1.29 is 4.79 Å². The van der Waals surface area contributed by atoms with E-state index >= 15 is 0 Å². The summed E-state index contributed by atoms with van der Waals surface area (Å²) in [6.45, 7) is 1.31. The van der Waals surface area contributed by atoms with Gasteiger partial charge in [-0.3, -0.25) is 13.9 Å². The lowest BCUT2D eigenvalue weighted by atomic mass is 10.0. The number of piperidine rings is 1. The summed E-state index contributed by atoms with van der Waals surface area (Å²) >= 11 is 0. The molecule has 3 aromatic rings. The van der Waals surface area contributed by atoms with Crippen molar-refractivity contribution in [3.63, 3.8) is 0 Å². The normalized spacial score (nSPS) is 15.5. The molecule has 1 amide bonds. The van der Waals surface area contributed by atoms with Crippen LogP contribution in [0.2, 0.25) is 0 Å². The van der Waals surface area contributed by atoms with Gasteiger partial charge in [-0.2, -0.15) is 0 Å². The van der Waals surface area contributed by atoms with Crippen LogP contribution in [0.3, 0.4) is 0 Å². The largest absolute Gasteiger partial charge is 0.342 e. The number of carbonyl (C=O) groups is 1. The second-order valence-corrected chi connectivity index (χ2v) is 6.72. The van der Waals surface area contributed by atoms with Crippen LogP contribution in [0, 0.1) is 0 Å². The third-order valence-corrected chi connectivity index (χ3v) is 5.14. The summed E-state index contributed by atoms with van der Waals surface area (Å²) in [5, 5.41) is 0. The fourth-order valence-corrected chi connectivity index (χ4v) is 3.68. The maximum Gasteiger partial charge on any atom is 0.330 e. The Hall–Kier alpha value is -2.96. The van der Waals surface area contributed by atoms with E-state index in [9.17, 15) is 9.59 Å². The first kappa shape index (κ1) is 16.5. The highest BCUT2D eigenvalue weighted by Gasteiger charge is 2.27. The number of benzene rings is 1. The molecule has 0 unspecified atom stereocenters. The van der Waals surface area contributed by atoms with Crippen molar-refractivity contribution in [2.24, 2.45) is 7.05 Å². The third-order valence-electron chi connectivity index (χ3n) is 5.14. The van der Waals surface area contributed by atoms with Crippen molar-refractivity contribution in [2.45, 2.75) is 25.3 Å². The molecule has 134 valence electrons. The molecule has 1 aliphatic heterocycles. The van der Waals surface area contributed by atoms with Crippen LogP contribution >= 0.6 is 0 Å². The van der Waals surface area contributed by atoms with Crippen molar-refractivity contribution in [3.05, 3.63) is 58.9 Å². The average Bonchev–Trinajstić information content (AvgIpc) is 2.94. The van der Waals surface area contributed by atoms with Crippen molar-refractivity contribution in [1.82, 2.24) is 24.0 Å². The minimum Gasteiger partial charge on any atom is -0.342 e. The fraction of sp³-hybridized carbons (Fsp3) is 0.368. The van der Waals surface area contributed by atoms with Gasteiger partial charge in [0.1, 0.15) is 11.8 Å². The lowest BCUT2D eigenvalue weighted by molar-refractivity contribution is -0.131. The van der Waals surface area contributed by atoms with Gasteiger partial charge < -0.3 is 4.90 Å². The Morgan fingerprint density at radius 2 is 1.92 bits per heavy atom. The number of aromatic nitrogens is 4. The summed E-state index contributed by atoms with van der Waals surface area (Å²) in [7, 11) is 1.74. The molecule has 1 fully saturated rings. The van der Waals surface area contributed by atoms with Crippen LogP contribution in [0.5, 0.6) is 0 Å². The maximum absolute atomic E-state index is 12.6. The Kier molecular flexibility index (Phi) is 4.28. The molecular weight excluding hydrogens is 330 g/mol. The number of amides is 1. The van der Waals surface area contributed by atoms with Crippen LogP contribution in [0.1, 0.15) is 24.4 Å². The van der Waals surface area contributed by atoms with E-state index in [4.69, 9.17) is 0 Å². The summed E-state index contributed by atoms with van der Waals surface area (Å²) in [5.74, 6) is 0.141. The number of hydrogen-bond donors (Lipinski definition) is 0. The molecule has 2 aromatic heterocycles. The van der Waals surface area contributed by atoms with Crippen LogP contribution in [0.25, 0.3) is 11.2 Å². The molecule has 0 spiro atoms. The Bertz CT molecular complexity index is 984. The minimum atomic E-state index is -0.0745. The number of nitrogens with zero attached hydrogens (tertiary/aromatic N) is 5. The van der Waals surface area contributed by atoms with Crippen LogP contribution in [0.4, 0.5) is 0 Å². The molecule has 0 N–H and O–H groups in total. The minimum absolute atomic E-state index is 0.0573. The molecular formula is C19H21N5O2. The first-order valence-electron chi connectivity index (χ1n) is 8.84. The molecule has 0 bridgehead atoms. The molecule has 0 atom stereocenters. The Balaban J connectivity index is 1.48. The lowest BCUT2D eigenvalue weighted by Crippen LogP contribution is -2.41. The number of likely N-dealkylation sites (tertiary alicyclic amines) is 1. The first-order chi connectivity index (χ1) is 12.6. The van der Waals surface area contributed by atoms with E-state index in [1.54, 1.807) is 22.4 Å². The Labute approximate surface area is 150 Å². The SMILES string of the molecule is Cn1c(=O)n(C2CCN(C(=O)Cc3ccccc3)CC2)c2ncncc21. The van der Waals surface area contributed by atoms with Gasteiger partial charge in [-0.05, 0) is 18.4 Å². The Morgan fingerprint density at radius 3 is 2.65 bits per heavy atom. The highest BCUT2D eigenvalue weighted by atomic mass is 16.2. The highest BCUT2D eigenvalue weighted by molar-refractivity contribution is 5.78. The summed E-state index contributed by atoms with van der Waals surface area (Å²) in [6, 6.07) is 9.85. The summed E-state index contributed by atoms with van der Waals surface area (Å²) in [5.41, 5.74) is 2.36. The summed E-state index contributed by atoms with van der Waals surface area (Å²) < 4.78 is 3.35. The van der Waals surface area contributed by atoms with Gasteiger partial charge in [-0.25, -0.2) is 14.8 Å². The van der Waals surface area contributed by atoms with E-state index < -0.39 is 0 Å². The lowest BCUT2D eigenvalue weighted by Gasteiger charge is -2.32. The van der Waals surface area contributed by atoms with E-state index in [-0.39, 0.29) is 17.6 Å². The number of imidazole rings is 1. The molecule has 1 aliphatic rings. The van der Waals surface area contributed by atoms with Crippen molar-refractivity contribution >= 4 is 17.1 Å². The number of rotatable bonds is 3. The van der Waals surface area contributed by atoms with Gasteiger partial charge in [0.15, 0.2) is 5.65 Å². The standard InChI is InChI=1S/C19H21N5O2/c1-22-16-12-20-13-21-18(16)24(19(22)26)15-7-9-23(10-8-15)17(25)11-14-5-3-2-4-6-14/h2-6,12-13,15H,7-11H2,1H3. The van der Waals surface area contributed by atoms with Gasteiger partial charge in [0.2, 0.25) is 5.91 Å². The quantitative estimate of drug-likeness (QED) is 0.717. The molecule has 26 heavy (non-hydrogen) atoms. The van der Waals surface area contributed by atoms with E-state index in [0.29, 0.717) is 25.2 Å². The molecule has 1 saturated heterocycles. The van der Waals surface area contributed by atoms with E-state index in [2.05, 4.69) is 9.97 Å². The number of carbonyl (C=O) groups excluding carboxylic acids is 1. The summed E-state index contributed by atoms with van der Waals surface area (Å²) in [6.07, 6.45) is 5.07. The monoisotopic (exact) mass is 351 g/mol. The predicted molar refractivity (Wildman–Crippen MR) is 97.8 cm³/mol. The smallest absolute Gasteiger partial charge is 0.330 e. The van der Waals surface area contributed by atoms with Gasteiger partial charge >= 0.3 is 5.69 Å². The topological polar surface area (TPSA) is 73.0 Å². The van der Waals surface area contributed by atoms with E-state index in [1.807, 2.05) is 35.2 Å². The summed E-state index contributed by atoms with van der Waals surface area (Å²) in [4.78, 5) is 35.4. The molecule has 7 heteroatoms. The second-order valence-electron chi connectivity index (χ2n) is 6.72. The third kappa shape index (κ3) is 2.89. The number of aryl methyl sites for hydroxylation is 1. The van der Waals surface area contributed by atoms with Gasteiger partial charge in [0.05, 0.1) is 12.6 Å². The zero-order chi connectivity index (χ0) is 18.1. The van der Waals surface area contributed by atoms with Gasteiger partial charge in [-0.15, -0.1) is 0 Å². The van der Waals surface area contributed by atoms with Gasteiger partial charge in [0.25, 0.3) is 0 Å². The van der Waals surface area contributed by atoms with Crippen LogP contribution < -0.4 is 5.69 Å². The predicted octanol–water partition coefficient (Wildman–Crippen LogP) is 1.54. The number of fused-ring (bicyclic) bond motifs is 1. The fourth-order valence-electron chi connectivity index (χ4n) is 3.68. The zero-order valence-corrected chi connectivity index (χ0v) is 14.7. The molecule has 7 nitrogen and oxygen atoms in total. The average molecular weight is 351 g/mol. The van der Waals surface area contributed by atoms with Crippen molar-refractivity contribution in [1.29, 1.82) is 0 Å². The van der Waals surface area contributed by atoms with Crippen molar-refractivity contribution in [3.8, 4) is 0 Å². The second kappa shape index (κ2) is 6.74. The molecule has 1 aromatic carbocycles. The van der Waals surface area contributed by atoms with Crippen LogP contribution in [-0.2, 0) is 18.3 Å². The van der Waals surface area contributed by atoms with Crippen LogP contribution in [-0.4, -0.2) is 43.0 Å². The molecule has 0 radical (unpaired) electrons. The van der Waals surface area contributed by atoms with E-state index in [1.165, 1.54) is 6.33 Å². The molecule has 3 heterocycles.